The Balaban J connectivity index is 1.68. The van der Waals surface area contributed by atoms with Gasteiger partial charge in [-0.05, 0) is 53.4 Å². The summed E-state index contributed by atoms with van der Waals surface area (Å²) in [5.41, 5.74) is 2.63. The molecule has 9 heteroatoms. The lowest BCUT2D eigenvalue weighted by Crippen LogP contribution is -2.53. The number of amides is 2. The molecule has 0 saturated carbocycles. The van der Waals surface area contributed by atoms with E-state index in [2.05, 4.69) is 19.2 Å². The molecular weight excluding hydrogens is 547 g/mol. The number of hydrogen-bond acceptors (Lipinski definition) is 5. The van der Waals surface area contributed by atoms with Crippen LogP contribution >= 0.6 is 23.2 Å². The fourth-order valence-corrected chi connectivity index (χ4v) is 5.31. The number of nitrogens with zero attached hydrogens (tertiary/aromatic N) is 3. The summed E-state index contributed by atoms with van der Waals surface area (Å²) in [6, 6.07) is 20.1. The summed E-state index contributed by atoms with van der Waals surface area (Å²) < 4.78 is 11.8. The lowest BCUT2D eigenvalue weighted by molar-refractivity contribution is 0.157. The Hall–Kier alpha value is -3.26. The van der Waals surface area contributed by atoms with Crippen molar-refractivity contribution in [3.8, 4) is 11.5 Å². The highest BCUT2D eigenvalue weighted by Gasteiger charge is 2.44. The molecule has 0 bridgehead atoms. The number of ether oxygens (including phenoxy) is 2. The van der Waals surface area contributed by atoms with E-state index in [4.69, 9.17) is 37.7 Å². The quantitative estimate of drug-likeness (QED) is 0.341. The SMILES string of the molecule is COc1ccc(C2=NC(c3ccc(Cl)cc3)C(c3ccc(Cl)cc3)N2C(=O)N2CCNCC2)c(OCC(C)C)c1. The van der Waals surface area contributed by atoms with E-state index >= 15 is 0 Å². The molecule has 2 unspecified atom stereocenters. The van der Waals surface area contributed by atoms with Gasteiger partial charge in [0.25, 0.3) is 0 Å². The number of piperazine rings is 1. The number of aliphatic imine (C=N–C) groups is 1. The fourth-order valence-electron chi connectivity index (χ4n) is 5.05. The molecule has 2 amide bonds. The van der Waals surface area contributed by atoms with Crippen molar-refractivity contribution in [3.63, 3.8) is 0 Å². The van der Waals surface area contributed by atoms with Crippen molar-refractivity contribution < 1.29 is 14.3 Å². The Labute approximate surface area is 245 Å². The zero-order valence-corrected chi connectivity index (χ0v) is 24.5. The second kappa shape index (κ2) is 12.5. The largest absolute Gasteiger partial charge is 0.497 e. The molecule has 0 radical (unpaired) electrons. The van der Waals surface area contributed by atoms with Crippen molar-refractivity contribution in [3.05, 3.63) is 93.5 Å². The van der Waals surface area contributed by atoms with Gasteiger partial charge in [-0.25, -0.2) is 4.79 Å². The first kappa shape index (κ1) is 28.3. The van der Waals surface area contributed by atoms with Crippen molar-refractivity contribution in [2.45, 2.75) is 25.9 Å². The fraction of sp³-hybridized carbons (Fsp3) is 0.355. The van der Waals surface area contributed by atoms with E-state index in [1.54, 1.807) is 7.11 Å². The Bertz CT molecular complexity index is 1360. The lowest BCUT2D eigenvalue weighted by atomic mass is 9.93. The van der Waals surface area contributed by atoms with Crippen LogP contribution in [-0.2, 0) is 0 Å². The Morgan fingerprint density at radius 1 is 0.975 bits per heavy atom. The molecular formula is C31H34Cl2N4O3. The van der Waals surface area contributed by atoms with Gasteiger partial charge >= 0.3 is 6.03 Å². The lowest BCUT2D eigenvalue weighted by Gasteiger charge is -2.36. The average molecular weight is 582 g/mol. The molecule has 2 aliphatic rings. The van der Waals surface area contributed by atoms with Crippen molar-refractivity contribution in [2.75, 3.05) is 39.9 Å². The number of carbonyl (C=O) groups excluding carboxylic acids is 1. The van der Waals surface area contributed by atoms with Crippen LogP contribution in [0.3, 0.4) is 0 Å². The van der Waals surface area contributed by atoms with E-state index in [0.717, 1.165) is 29.8 Å². The summed E-state index contributed by atoms with van der Waals surface area (Å²) in [5, 5.41) is 4.61. The highest BCUT2D eigenvalue weighted by Crippen LogP contribution is 2.45. The van der Waals surface area contributed by atoms with Crippen molar-refractivity contribution >= 4 is 35.1 Å². The van der Waals surface area contributed by atoms with E-state index in [1.807, 2.05) is 76.5 Å². The molecule has 2 aliphatic heterocycles. The third kappa shape index (κ3) is 6.07. The number of nitrogens with one attached hydrogen (secondary N) is 1. The Morgan fingerprint density at radius 3 is 2.20 bits per heavy atom. The number of amidine groups is 1. The Kier molecular flexibility index (Phi) is 8.84. The number of urea groups is 1. The number of halogens is 2. The second-order valence-corrected chi connectivity index (χ2v) is 11.3. The number of hydrogen-bond donors (Lipinski definition) is 1. The van der Waals surface area contributed by atoms with Gasteiger partial charge in [-0.3, -0.25) is 9.89 Å². The molecule has 2 heterocycles. The molecule has 0 aliphatic carbocycles. The maximum atomic E-state index is 14.4. The average Bonchev–Trinajstić information content (AvgIpc) is 3.37. The van der Waals surface area contributed by atoms with Crippen LogP contribution in [0.4, 0.5) is 4.79 Å². The monoisotopic (exact) mass is 580 g/mol. The first-order chi connectivity index (χ1) is 19.4. The number of rotatable bonds is 7. The minimum atomic E-state index is -0.407. The highest BCUT2D eigenvalue weighted by molar-refractivity contribution is 6.30. The van der Waals surface area contributed by atoms with Crippen LogP contribution in [0, 0.1) is 5.92 Å². The predicted molar refractivity (Wildman–Crippen MR) is 160 cm³/mol. The summed E-state index contributed by atoms with van der Waals surface area (Å²) in [5.74, 6) is 2.16. The van der Waals surface area contributed by atoms with Crippen LogP contribution in [-0.4, -0.2) is 61.6 Å². The van der Waals surface area contributed by atoms with Crippen molar-refractivity contribution in [1.29, 1.82) is 0 Å². The third-order valence-corrected chi connectivity index (χ3v) is 7.59. The zero-order valence-electron chi connectivity index (χ0n) is 22.9. The smallest absolute Gasteiger partial charge is 0.326 e. The van der Waals surface area contributed by atoms with Gasteiger partial charge in [-0.1, -0.05) is 61.3 Å². The zero-order chi connectivity index (χ0) is 28.2. The number of carbonyl (C=O) groups is 1. The molecule has 1 N–H and O–H groups in total. The van der Waals surface area contributed by atoms with Gasteiger partial charge in [-0.15, -0.1) is 0 Å². The van der Waals surface area contributed by atoms with Crippen molar-refractivity contribution in [1.82, 2.24) is 15.1 Å². The molecule has 5 rings (SSSR count). The molecule has 3 aromatic rings. The summed E-state index contributed by atoms with van der Waals surface area (Å²) in [4.78, 5) is 23.4. The maximum absolute atomic E-state index is 14.4. The summed E-state index contributed by atoms with van der Waals surface area (Å²) >= 11 is 12.5. The van der Waals surface area contributed by atoms with Gasteiger partial charge in [0.1, 0.15) is 23.4 Å². The number of methoxy groups -OCH3 is 1. The minimum Gasteiger partial charge on any atom is -0.497 e. The topological polar surface area (TPSA) is 66.4 Å². The van der Waals surface area contributed by atoms with Gasteiger partial charge in [0, 0.05) is 42.3 Å². The van der Waals surface area contributed by atoms with Crippen LogP contribution in [0.2, 0.25) is 10.0 Å². The first-order valence-corrected chi connectivity index (χ1v) is 14.3. The molecule has 0 spiro atoms. The van der Waals surface area contributed by atoms with Crippen LogP contribution in [0.1, 0.15) is 42.6 Å². The minimum absolute atomic E-state index is 0.0951. The molecule has 210 valence electrons. The maximum Gasteiger partial charge on any atom is 0.326 e. The number of benzene rings is 3. The van der Waals surface area contributed by atoms with Gasteiger partial charge < -0.3 is 19.7 Å². The molecule has 0 aromatic heterocycles. The first-order valence-electron chi connectivity index (χ1n) is 13.5. The summed E-state index contributed by atoms with van der Waals surface area (Å²) in [6.07, 6.45) is 0. The molecule has 1 fully saturated rings. The van der Waals surface area contributed by atoms with Crippen LogP contribution in [0.15, 0.2) is 71.7 Å². The van der Waals surface area contributed by atoms with Crippen LogP contribution in [0.5, 0.6) is 11.5 Å². The second-order valence-electron chi connectivity index (χ2n) is 10.4. The summed E-state index contributed by atoms with van der Waals surface area (Å²) in [7, 11) is 1.63. The molecule has 1 saturated heterocycles. The van der Waals surface area contributed by atoms with Crippen LogP contribution < -0.4 is 14.8 Å². The molecule has 40 heavy (non-hydrogen) atoms. The highest BCUT2D eigenvalue weighted by atomic mass is 35.5. The van der Waals surface area contributed by atoms with E-state index in [1.165, 1.54) is 0 Å². The van der Waals surface area contributed by atoms with Gasteiger partial charge in [0.15, 0.2) is 0 Å². The van der Waals surface area contributed by atoms with E-state index in [9.17, 15) is 4.79 Å². The standard InChI is InChI=1S/C31H34Cl2N4O3/c1-20(2)19-40-27-18-25(39-3)12-13-26(27)30-35-28(21-4-8-23(32)9-5-21)29(22-6-10-24(33)11-7-22)37(30)31(38)36-16-14-34-15-17-36/h4-13,18,20,28-29,34H,14-17,19H2,1-3H3. The van der Waals surface area contributed by atoms with Gasteiger partial charge in [0.2, 0.25) is 0 Å². The van der Waals surface area contributed by atoms with E-state index in [0.29, 0.717) is 53.0 Å². The van der Waals surface area contributed by atoms with Crippen molar-refractivity contribution in [2.24, 2.45) is 10.9 Å². The predicted octanol–water partition coefficient (Wildman–Crippen LogP) is 6.61. The normalized spacial score (nSPS) is 19.1. The van der Waals surface area contributed by atoms with Gasteiger partial charge in [0.05, 0.1) is 25.3 Å². The van der Waals surface area contributed by atoms with E-state index in [-0.39, 0.29) is 12.1 Å². The summed E-state index contributed by atoms with van der Waals surface area (Å²) in [6.45, 7) is 7.41. The van der Waals surface area contributed by atoms with Gasteiger partial charge in [-0.2, -0.15) is 0 Å². The molecule has 7 nitrogen and oxygen atoms in total. The Morgan fingerprint density at radius 2 is 1.60 bits per heavy atom. The van der Waals surface area contributed by atoms with Crippen LogP contribution in [0.25, 0.3) is 0 Å². The van der Waals surface area contributed by atoms with E-state index < -0.39 is 6.04 Å². The third-order valence-electron chi connectivity index (χ3n) is 7.09. The molecule has 3 aromatic carbocycles. The molecule has 2 atom stereocenters.